The van der Waals surface area contributed by atoms with Crippen LogP contribution in [0.3, 0.4) is 0 Å². The topological polar surface area (TPSA) is 100 Å². The van der Waals surface area contributed by atoms with Gasteiger partial charge in [0.2, 0.25) is 0 Å². The molecule has 0 aromatic rings. The molecule has 0 unspecified atom stereocenters. The van der Waals surface area contributed by atoms with Crippen LogP contribution in [0.5, 0.6) is 0 Å². The van der Waals surface area contributed by atoms with E-state index in [2.05, 4.69) is 10.1 Å². The zero-order valence-electron chi connectivity index (χ0n) is 11.1. The van der Waals surface area contributed by atoms with Crippen LogP contribution in [0.4, 0.5) is 0 Å². The zero-order chi connectivity index (χ0) is 14.8. The van der Waals surface area contributed by atoms with Crippen molar-refractivity contribution in [3.05, 3.63) is 12.2 Å². The lowest BCUT2D eigenvalue weighted by Gasteiger charge is -2.08. The standard InChI is InChI=1S/C12H17NO7/c1-17-10(14)3-4-11(15)19-6-2-5-13-12(16)9-7-18-8-20-9/h3-4,9H,2,5-8H2,1H3,(H,13,16)/b4-3+/t9-/m0/s1. The summed E-state index contributed by atoms with van der Waals surface area (Å²) in [5, 5.41) is 2.63. The highest BCUT2D eigenvalue weighted by molar-refractivity contribution is 5.91. The minimum atomic E-state index is -0.644. The fourth-order valence-corrected chi connectivity index (χ4v) is 1.31. The van der Waals surface area contributed by atoms with Crippen molar-refractivity contribution in [2.45, 2.75) is 12.5 Å². The highest BCUT2D eigenvalue weighted by Gasteiger charge is 2.23. The van der Waals surface area contributed by atoms with Crippen molar-refractivity contribution in [2.24, 2.45) is 0 Å². The summed E-state index contributed by atoms with van der Waals surface area (Å²) >= 11 is 0. The number of ether oxygens (including phenoxy) is 4. The van der Waals surface area contributed by atoms with Gasteiger partial charge in [-0.05, 0) is 6.42 Å². The minimum Gasteiger partial charge on any atom is -0.466 e. The first-order valence-corrected chi connectivity index (χ1v) is 6.03. The molecular weight excluding hydrogens is 270 g/mol. The van der Waals surface area contributed by atoms with Gasteiger partial charge in [0.25, 0.3) is 5.91 Å². The highest BCUT2D eigenvalue weighted by atomic mass is 16.7. The Kier molecular flexibility index (Phi) is 7.30. The summed E-state index contributed by atoms with van der Waals surface area (Å²) in [6, 6.07) is 0. The van der Waals surface area contributed by atoms with Crippen LogP contribution >= 0.6 is 0 Å². The predicted octanol–water partition coefficient (Wildman–Crippen LogP) is -0.862. The molecule has 0 aromatic carbocycles. The summed E-state index contributed by atoms with van der Waals surface area (Å²) in [5.74, 6) is -1.53. The van der Waals surface area contributed by atoms with E-state index >= 15 is 0 Å². The van der Waals surface area contributed by atoms with Gasteiger partial charge in [-0.2, -0.15) is 0 Å². The minimum absolute atomic E-state index is 0.127. The van der Waals surface area contributed by atoms with Crippen LogP contribution in [-0.4, -0.2) is 57.6 Å². The van der Waals surface area contributed by atoms with E-state index in [1.54, 1.807) is 0 Å². The molecule has 0 saturated carbocycles. The third-order valence-electron chi connectivity index (χ3n) is 2.34. The maximum atomic E-state index is 11.5. The Morgan fingerprint density at radius 3 is 2.70 bits per heavy atom. The Morgan fingerprint density at radius 2 is 2.05 bits per heavy atom. The van der Waals surface area contributed by atoms with E-state index in [0.29, 0.717) is 13.0 Å². The molecule has 0 aliphatic carbocycles. The smallest absolute Gasteiger partial charge is 0.331 e. The van der Waals surface area contributed by atoms with E-state index < -0.39 is 18.0 Å². The number of carbonyl (C=O) groups is 3. The number of esters is 2. The second-order valence-electron chi connectivity index (χ2n) is 3.81. The second-order valence-corrected chi connectivity index (χ2v) is 3.81. The Bertz CT molecular complexity index is 374. The van der Waals surface area contributed by atoms with E-state index in [-0.39, 0.29) is 25.9 Å². The Balaban J connectivity index is 2.04. The maximum absolute atomic E-state index is 11.5. The number of rotatable bonds is 7. The third kappa shape index (κ3) is 6.30. The number of nitrogens with one attached hydrogen (secondary N) is 1. The summed E-state index contributed by atoms with van der Waals surface area (Å²) in [7, 11) is 1.21. The van der Waals surface area contributed by atoms with Crippen molar-refractivity contribution in [2.75, 3.05) is 33.7 Å². The van der Waals surface area contributed by atoms with Crippen molar-refractivity contribution in [3.8, 4) is 0 Å². The van der Waals surface area contributed by atoms with Gasteiger partial charge in [0.1, 0.15) is 6.79 Å². The average Bonchev–Trinajstić information content (AvgIpc) is 2.98. The van der Waals surface area contributed by atoms with Crippen molar-refractivity contribution < 1.29 is 33.3 Å². The first kappa shape index (κ1) is 16.1. The summed E-state index contributed by atoms with van der Waals surface area (Å²) in [6.07, 6.45) is 1.84. The van der Waals surface area contributed by atoms with E-state index in [4.69, 9.17) is 14.2 Å². The van der Waals surface area contributed by atoms with Crippen LogP contribution in [0.1, 0.15) is 6.42 Å². The lowest BCUT2D eigenvalue weighted by molar-refractivity contribution is -0.139. The Labute approximate surface area is 116 Å². The van der Waals surface area contributed by atoms with Gasteiger partial charge >= 0.3 is 11.9 Å². The van der Waals surface area contributed by atoms with Crippen molar-refractivity contribution in [3.63, 3.8) is 0 Å². The number of amides is 1. The summed E-state index contributed by atoms with van der Waals surface area (Å²) in [6.45, 7) is 0.862. The van der Waals surface area contributed by atoms with Gasteiger partial charge in [-0.3, -0.25) is 4.79 Å². The van der Waals surface area contributed by atoms with E-state index in [9.17, 15) is 14.4 Å². The van der Waals surface area contributed by atoms with Crippen LogP contribution in [0, 0.1) is 0 Å². The largest absolute Gasteiger partial charge is 0.466 e. The molecule has 1 rings (SSSR count). The molecular formula is C12H17NO7. The van der Waals surface area contributed by atoms with Crippen molar-refractivity contribution in [1.82, 2.24) is 5.32 Å². The van der Waals surface area contributed by atoms with Gasteiger partial charge in [0.05, 0.1) is 20.3 Å². The highest BCUT2D eigenvalue weighted by Crippen LogP contribution is 2.02. The van der Waals surface area contributed by atoms with Gasteiger partial charge in [-0.1, -0.05) is 0 Å². The van der Waals surface area contributed by atoms with Gasteiger partial charge in [0, 0.05) is 18.7 Å². The number of hydrogen-bond acceptors (Lipinski definition) is 7. The van der Waals surface area contributed by atoms with Crippen molar-refractivity contribution in [1.29, 1.82) is 0 Å². The second kappa shape index (κ2) is 9.05. The van der Waals surface area contributed by atoms with Crippen LogP contribution in [0.15, 0.2) is 12.2 Å². The average molecular weight is 287 g/mol. The first-order chi connectivity index (χ1) is 9.63. The van der Waals surface area contributed by atoms with E-state index in [0.717, 1.165) is 12.2 Å². The normalized spacial score (nSPS) is 17.9. The fourth-order valence-electron chi connectivity index (χ4n) is 1.31. The Morgan fingerprint density at radius 1 is 1.30 bits per heavy atom. The third-order valence-corrected chi connectivity index (χ3v) is 2.34. The molecule has 1 saturated heterocycles. The molecule has 1 fully saturated rings. The van der Waals surface area contributed by atoms with E-state index in [1.165, 1.54) is 7.11 Å². The van der Waals surface area contributed by atoms with Crippen LogP contribution in [0.2, 0.25) is 0 Å². The van der Waals surface area contributed by atoms with Gasteiger partial charge in [0.15, 0.2) is 6.10 Å². The monoisotopic (exact) mass is 287 g/mol. The van der Waals surface area contributed by atoms with Crippen LogP contribution in [0.25, 0.3) is 0 Å². The zero-order valence-corrected chi connectivity index (χ0v) is 11.1. The quantitative estimate of drug-likeness (QED) is 0.369. The molecule has 1 heterocycles. The summed E-state index contributed by atoms with van der Waals surface area (Å²) in [5.41, 5.74) is 0. The maximum Gasteiger partial charge on any atom is 0.331 e. The lowest BCUT2D eigenvalue weighted by Crippen LogP contribution is -2.36. The summed E-state index contributed by atoms with van der Waals surface area (Å²) < 4.78 is 19.0. The van der Waals surface area contributed by atoms with Gasteiger partial charge < -0.3 is 24.3 Å². The fraction of sp³-hybridized carbons (Fsp3) is 0.583. The molecule has 20 heavy (non-hydrogen) atoms. The van der Waals surface area contributed by atoms with Gasteiger partial charge in [-0.25, -0.2) is 9.59 Å². The van der Waals surface area contributed by atoms with Crippen LogP contribution in [-0.2, 0) is 33.3 Å². The number of carbonyl (C=O) groups excluding carboxylic acids is 3. The molecule has 1 aliphatic heterocycles. The molecule has 1 atom stereocenters. The molecule has 1 amide bonds. The molecule has 8 heteroatoms. The number of methoxy groups -OCH3 is 1. The van der Waals surface area contributed by atoms with E-state index in [1.807, 2.05) is 0 Å². The first-order valence-electron chi connectivity index (χ1n) is 6.03. The molecule has 1 N–H and O–H groups in total. The molecule has 0 bridgehead atoms. The predicted molar refractivity (Wildman–Crippen MR) is 65.4 cm³/mol. The Hall–Kier alpha value is -1.93. The molecule has 0 spiro atoms. The molecule has 8 nitrogen and oxygen atoms in total. The SMILES string of the molecule is COC(=O)/C=C/C(=O)OCCCNC(=O)[C@@H]1COCO1. The molecule has 0 aromatic heterocycles. The molecule has 0 radical (unpaired) electrons. The van der Waals surface area contributed by atoms with Crippen molar-refractivity contribution >= 4 is 17.8 Å². The van der Waals surface area contributed by atoms with Crippen LogP contribution < -0.4 is 5.32 Å². The lowest BCUT2D eigenvalue weighted by atomic mass is 10.3. The number of hydrogen-bond donors (Lipinski definition) is 1. The summed E-state index contributed by atoms with van der Waals surface area (Å²) in [4.78, 5) is 33.3. The molecule has 112 valence electrons. The molecule has 1 aliphatic rings. The van der Waals surface area contributed by atoms with Gasteiger partial charge in [-0.15, -0.1) is 0 Å².